The molecule has 4 heteroatoms. The molecule has 84 valence electrons. The molecule has 0 saturated heterocycles. The van der Waals surface area contributed by atoms with Crippen LogP contribution in [0.1, 0.15) is 26.7 Å². The molecular formula is C10H21FN2O. The first-order valence-electron chi connectivity index (χ1n) is 5.20. The summed E-state index contributed by atoms with van der Waals surface area (Å²) in [5, 5.41) is 5.82. The molecule has 2 N–H and O–H groups in total. The van der Waals surface area contributed by atoms with Crippen molar-refractivity contribution in [2.24, 2.45) is 5.92 Å². The van der Waals surface area contributed by atoms with Gasteiger partial charge in [-0.05, 0) is 18.9 Å². The second-order valence-electron chi connectivity index (χ2n) is 3.74. The molecule has 0 rings (SSSR count). The minimum Gasteiger partial charge on any atom is -0.356 e. The zero-order chi connectivity index (χ0) is 10.8. The average Bonchev–Trinajstić information content (AvgIpc) is 2.14. The Morgan fingerprint density at radius 1 is 1.36 bits per heavy atom. The summed E-state index contributed by atoms with van der Waals surface area (Å²) in [6.07, 6.45) is 0.993. The Morgan fingerprint density at radius 2 is 2.07 bits per heavy atom. The Hall–Kier alpha value is -0.640. The van der Waals surface area contributed by atoms with E-state index in [0.29, 0.717) is 31.8 Å². The van der Waals surface area contributed by atoms with Crippen LogP contribution in [0.5, 0.6) is 0 Å². The summed E-state index contributed by atoms with van der Waals surface area (Å²) in [5.74, 6) is 0.546. The Labute approximate surface area is 85.5 Å². The molecular weight excluding hydrogens is 183 g/mol. The molecule has 1 amide bonds. The van der Waals surface area contributed by atoms with Crippen molar-refractivity contribution in [3.8, 4) is 0 Å². The maximum absolute atomic E-state index is 11.7. The molecule has 0 spiro atoms. The quantitative estimate of drug-likeness (QED) is 0.581. The Balaban J connectivity index is 3.18. The molecule has 0 aliphatic heterocycles. The third kappa shape index (κ3) is 9.45. The molecule has 0 aliphatic rings. The predicted octanol–water partition coefficient (Wildman–Crippen LogP) is 1.10. The van der Waals surface area contributed by atoms with E-state index in [1.807, 2.05) is 0 Å². The van der Waals surface area contributed by atoms with Gasteiger partial charge in [-0.25, -0.2) is 0 Å². The first kappa shape index (κ1) is 13.4. The summed E-state index contributed by atoms with van der Waals surface area (Å²) in [5.41, 5.74) is 0. The highest BCUT2D eigenvalue weighted by Gasteiger charge is 2.00. The van der Waals surface area contributed by atoms with Crippen LogP contribution < -0.4 is 10.6 Å². The van der Waals surface area contributed by atoms with Crippen molar-refractivity contribution in [2.45, 2.75) is 26.7 Å². The lowest BCUT2D eigenvalue weighted by Crippen LogP contribution is -2.30. The Bertz CT molecular complexity index is 151. The maximum Gasteiger partial charge on any atom is 0.221 e. The average molecular weight is 204 g/mol. The molecule has 0 heterocycles. The van der Waals surface area contributed by atoms with Gasteiger partial charge in [-0.2, -0.15) is 0 Å². The van der Waals surface area contributed by atoms with Crippen LogP contribution in [-0.2, 0) is 4.79 Å². The van der Waals surface area contributed by atoms with Crippen molar-refractivity contribution in [3.05, 3.63) is 0 Å². The number of carbonyl (C=O) groups is 1. The van der Waals surface area contributed by atoms with Crippen LogP contribution in [0.15, 0.2) is 0 Å². The lowest BCUT2D eigenvalue weighted by Gasteiger charge is -2.07. The highest BCUT2D eigenvalue weighted by molar-refractivity contribution is 5.76. The first-order chi connectivity index (χ1) is 6.66. The second-order valence-corrected chi connectivity index (χ2v) is 3.74. The zero-order valence-electron chi connectivity index (χ0n) is 9.11. The summed E-state index contributed by atoms with van der Waals surface area (Å²) in [4.78, 5) is 11.2. The van der Waals surface area contributed by atoms with Crippen LogP contribution in [0, 0.1) is 5.92 Å². The number of nitrogens with one attached hydrogen (secondary N) is 2. The number of halogens is 1. The van der Waals surface area contributed by atoms with Gasteiger partial charge in [0.25, 0.3) is 0 Å². The topological polar surface area (TPSA) is 41.1 Å². The fourth-order valence-electron chi connectivity index (χ4n) is 0.925. The van der Waals surface area contributed by atoms with Crippen LogP contribution >= 0.6 is 0 Å². The van der Waals surface area contributed by atoms with Crippen molar-refractivity contribution < 1.29 is 9.18 Å². The lowest BCUT2D eigenvalue weighted by atomic mass is 10.2. The van der Waals surface area contributed by atoms with E-state index in [1.54, 1.807) is 0 Å². The SMILES string of the molecule is CC(C)CNC(=O)CCNCCCF. The van der Waals surface area contributed by atoms with Crippen molar-refractivity contribution in [2.75, 3.05) is 26.3 Å². The van der Waals surface area contributed by atoms with E-state index in [9.17, 15) is 9.18 Å². The van der Waals surface area contributed by atoms with Crippen LogP contribution in [-0.4, -0.2) is 32.2 Å². The van der Waals surface area contributed by atoms with Gasteiger partial charge in [-0.3, -0.25) is 9.18 Å². The lowest BCUT2D eigenvalue weighted by molar-refractivity contribution is -0.121. The van der Waals surface area contributed by atoms with E-state index in [0.717, 1.165) is 6.54 Å². The van der Waals surface area contributed by atoms with Crippen LogP contribution in [0.4, 0.5) is 4.39 Å². The highest BCUT2D eigenvalue weighted by Crippen LogP contribution is 1.88. The summed E-state index contributed by atoms with van der Waals surface area (Å²) in [6.45, 7) is 5.81. The number of hydrogen-bond donors (Lipinski definition) is 2. The smallest absolute Gasteiger partial charge is 0.221 e. The van der Waals surface area contributed by atoms with Crippen molar-refractivity contribution in [1.82, 2.24) is 10.6 Å². The van der Waals surface area contributed by atoms with Gasteiger partial charge in [-0.15, -0.1) is 0 Å². The van der Waals surface area contributed by atoms with E-state index >= 15 is 0 Å². The fourth-order valence-corrected chi connectivity index (χ4v) is 0.925. The van der Waals surface area contributed by atoms with Gasteiger partial charge in [0.1, 0.15) is 0 Å². The van der Waals surface area contributed by atoms with Gasteiger partial charge in [0.05, 0.1) is 6.67 Å². The van der Waals surface area contributed by atoms with E-state index in [1.165, 1.54) is 0 Å². The molecule has 0 atom stereocenters. The van der Waals surface area contributed by atoms with E-state index in [2.05, 4.69) is 24.5 Å². The molecule has 0 radical (unpaired) electrons. The van der Waals surface area contributed by atoms with E-state index < -0.39 is 0 Å². The van der Waals surface area contributed by atoms with Crippen LogP contribution in [0.3, 0.4) is 0 Å². The predicted molar refractivity (Wildman–Crippen MR) is 55.9 cm³/mol. The van der Waals surface area contributed by atoms with Crippen LogP contribution in [0.25, 0.3) is 0 Å². The number of carbonyl (C=O) groups excluding carboxylic acids is 1. The maximum atomic E-state index is 11.7. The molecule has 0 aromatic carbocycles. The minimum absolute atomic E-state index is 0.0615. The van der Waals surface area contributed by atoms with E-state index in [4.69, 9.17) is 0 Å². The standard InChI is InChI=1S/C10H21FN2O/c1-9(2)8-13-10(14)4-7-12-6-3-5-11/h9,12H,3-8H2,1-2H3,(H,13,14). The molecule has 0 bridgehead atoms. The second kappa shape index (κ2) is 8.94. The number of rotatable bonds is 8. The number of hydrogen-bond acceptors (Lipinski definition) is 2. The summed E-state index contributed by atoms with van der Waals surface area (Å²) in [6, 6.07) is 0. The molecule has 0 aromatic rings. The third-order valence-electron chi connectivity index (χ3n) is 1.72. The Morgan fingerprint density at radius 3 is 2.64 bits per heavy atom. The molecule has 0 aromatic heterocycles. The van der Waals surface area contributed by atoms with Crippen molar-refractivity contribution in [3.63, 3.8) is 0 Å². The molecule has 0 fully saturated rings. The minimum atomic E-state index is -0.299. The molecule has 0 aliphatic carbocycles. The van der Waals surface area contributed by atoms with Gasteiger partial charge in [0.15, 0.2) is 0 Å². The molecule has 0 unspecified atom stereocenters. The van der Waals surface area contributed by atoms with Gasteiger partial charge in [0, 0.05) is 19.5 Å². The number of amides is 1. The van der Waals surface area contributed by atoms with Crippen molar-refractivity contribution in [1.29, 1.82) is 0 Å². The highest BCUT2D eigenvalue weighted by atomic mass is 19.1. The van der Waals surface area contributed by atoms with Gasteiger partial charge >= 0.3 is 0 Å². The largest absolute Gasteiger partial charge is 0.356 e. The third-order valence-corrected chi connectivity index (χ3v) is 1.72. The number of alkyl halides is 1. The monoisotopic (exact) mass is 204 g/mol. The fraction of sp³-hybridized carbons (Fsp3) is 0.900. The van der Waals surface area contributed by atoms with Crippen molar-refractivity contribution >= 4 is 5.91 Å². The van der Waals surface area contributed by atoms with E-state index in [-0.39, 0.29) is 12.6 Å². The first-order valence-corrected chi connectivity index (χ1v) is 5.20. The normalized spacial score (nSPS) is 10.6. The molecule has 3 nitrogen and oxygen atoms in total. The summed E-state index contributed by atoms with van der Waals surface area (Å²) < 4.78 is 11.7. The summed E-state index contributed by atoms with van der Waals surface area (Å²) in [7, 11) is 0. The molecule has 14 heavy (non-hydrogen) atoms. The van der Waals surface area contributed by atoms with Gasteiger partial charge in [0.2, 0.25) is 5.91 Å². The van der Waals surface area contributed by atoms with Gasteiger partial charge in [-0.1, -0.05) is 13.8 Å². The summed E-state index contributed by atoms with van der Waals surface area (Å²) >= 11 is 0. The Kier molecular flexibility index (Phi) is 8.53. The van der Waals surface area contributed by atoms with Crippen LogP contribution in [0.2, 0.25) is 0 Å². The zero-order valence-corrected chi connectivity index (χ0v) is 9.11. The van der Waals surface area contributed by atoms with Gasteiger partial charge < -0.3 is 10.6 Å². The molecule has 0 saturated carbocycles.